The zero-order valence-electron chi connectivity index (χ0n) is 16.8. The van der Waals surface area contributed by atoms with Gasteiger partial charge in [-0.25, -0.2) is 18.1 Å². The fourth-order valence-electron chi connectivity index (χ4n) is 2.63. The van der Waals surface area contributed by atoms with Crippen LogP contribution in [0.5, 0.6) is 0 Å². The summed E-state index contributed by atoms with van der Waals surface area (Å²) in [5, 5.41) is 6.21. The number of hydrogen-bond donors (Lipinski definition) is 3. The van der Waals surface area contributed by atoms with Crippen LogP contribution >= 0.6 is 0 Å². The van der Waals surface area contributed by atoms with Gasteiger partial charge in [-0.15, -0.1) is 0 Å². The molecule has 0 radical (unpaired) electrons. The molecule has 0 aliphatic carbocycles. The highest BCUT2D eigenvalue weighted by Gasteiger charge is 2.29. The van der Waals surface area contributed by atoms with Gasteiger partial charge in [-0.3, -0.25) is 0 Å². The van der Waals surface area contributed by atoms with E-state index in [4.69, 9.17) is 0 Å². The second kappa shape index (κ2) is 10.4. The van der Waals surface area contributed by atoms with Gasteiger partial charge in [0.05, 0.1) is 17.0 Å². The minimum absolute atomic E-state index is 0.165. The number of benzene rings is 2. The van der Waals surface area contributed by atoms with Crippen LogP contribution < -0.4 is 15.4 Å². The van der Waals surface area contributed by atoms with Crippen LogP contribution in [0.4, 0.5) is 13.2 Å². The van der Waals surface area contributed by atoms with E-state index < -0.39 is 21.8 Å². The number of halogens is 3. The molecule has 30 heavy (non-hydrogen) atoms. The number of hydrogen-bond acceptors (Lipinski definition) is 3. The number of aliphatic imine (C=N–C) groups is 1. The SMILES string of the molecule is CCNC(=NCc1cccc(S(=O)(=O)NC)c1)NCCc1ccc(C(F)(F)F)cc1. The summed E-state index contributed by atoms with van der Waals surface area (Å²) >= 11 is 0. The first-order chi connectivity index (χ1) is 14.2. The Bertz CT molecular complexity index is 959. The summed E-state index contributed by atoms with van der Waals surface area (Å²) in [5.41, 5.74) is 0.833. The fourth-order valence-corrected chi connectivity index (χ4v) is 3.43. The summed E-state index contributed by atoms with van der Waals surface area (Å²) in [4.78, 5) is 4.61. The molecule has 10 heteroatoms. The first kappa shape index (κ1) is 23.7. The molecule has 164 valence electrons. The van der Waals surface area contributed by atoms with E-state index >= 15 is 0 Å². The van der Waals surface area contributed by atoms with Gasteiger partial charge in [-0.2, -0.15) is 13.2 Å². The normalized spacial score (nSPS) is 12.6. The molecule has 2 aromatic carbocycles. The van der Waals surface area contributed by atoms with Gasteiger partial charge in [0.1, 0.15) is 0 Å². The summed E-state index contributed by atoms with van der Waals surface area (Å²) in [7, 11) is -2.18. The second-order valence-corrected chi connectivity index (χ2v) is 8.31. The molecule has 0 fully saturated rings. The van der Waals surface area contributed by atoms with Crippen LogP contribution in [0, 0.1) is 0 Å². The van der Waals surface area contributed by atoms with Crippen LogP contribution in [0.1, 0.15) is 23.6 Å². The molecule has 0 aliphatic heterocycles. The Kier molecular flexibility index (Phi) is 8.24. The van der Waals surface area contributed by atoms with E-state index in [1.807, 2.05) is 6.92 Å². The van der Waals surface area contributed by atoms with E-state index in [1.165, 1.54) is 25.2 Å². The summed E-state index contributed by atoms with van der Waals surface area (Å²) < 4.78 is 64.0. The Labute approximate surface area is 174 Å². The third-order valence-electron chi connectivity index (χ3n) is 4.23. The molecule has 0 aromatic heterocycles. The van der Waals surface area contributed by atoms with Crippen molar-refractivity contribution in [3.05, 3.63) is 65.2 Å². The predicted molar refractivity (Wildman–Crippen MR) is 111 cm³/mol. The topological polar surface area (TPSA) is 82.6 Å². The second-order valence-electron chi connectivity index (χ2n) is 6.42. The van der Waals surface area contributed by atoms with Crippen LogP contribution in [-0.4, -0.2) is 34.5 Å². The Morgan fingerprint density at radius 1 is 1.03 bits per heavy atom. The number of alkyl halides is 3. The number of nitrogens with zero attached hydrogens (tertiary/aromatic N) is 1. The van der Waals surface area contributed by atoms with E-state index in [-0.39, 0.29) is 11.4 Å². The first-order valence-electron chi connectivity index (χ1n) is 9.36. The van der Waals surface area contributed by atoms with Crippen molar-refractivity contribution < 1.29 is 21.6 Å². The van der Waals surface area contributed by atoms with Gasteiger partial charge >= 0.3 is 6.18 Å². The van der Waals surface area contributed by atoms with Gasteiger partial charge < -0.3 is 10.6 Å². The molecule has 0 amide bonds. The summed E-state index contributed by atoms with van der Waals surface area (Å²) in [6.45, 7) is 3.28. The zero-order chi connectivity index (χ0) is 22.2. The van der Waals surface area contributed by atoms with E-state index in [9.17, 15) is 21.6 Å². The van der Waals surface area contributed by atoms with Crippen molar-refractivity contribution in [2.24, 2.45) is 4.99 Å². The maximum absolute atomic E-state index is 12.6. The highest BCUT2D eigenvalue weighted by atomic mass is 32.2. The van der Waals surface area contributed by atoms with E-state index in [0.29, 0.717) is 25.5 Å². The Hall–Kier alpha value is -2.59. The minimum Gasteiger partial charge on any atom is -0.357 e. The van der Waals surface area contributed by atoms with Gasteiger partial charge in [0.25, 0.3) is 0 Å². The van der Waals surface area contributed by atoms with E-state index in [2.05, 4.69) is 20.3 Å². The van der Waals surface area contributed by atoms with Crippen LogP contribution in [0.25, 0.3) is 0 Å². The Morgan fingerprint density at radius 2 is 1.73 bits per heavy atom. The van der Waals surface area contributed by atoms with Crippen molar-refractivity contribution in [2.75, 3.05) is 20.1 Å². The van der Waals surface area contributed by atoms with Gasteiger partial charge in [-0.05, 0) is 55.8 Å². The van der Waals surface area contributed by atoms with Crippen LogP contribution in [0.3, 0.4) is 0 Å². The van der Waals surface area contributed by atoms with Crippen molar-refractivity contribution in [3.63, 3.8) is 0 Å². The lowest BCUT2D eigenvalue weighted by Gasteiger charge is -2.12. The zero-order valence-corrected chi connectivity index (χ0v) is 17.6. The minimum atomic E-state index is -4.34. The maximum atomic E-state index is 12.6. The van der Waals surface area contributed by atoms with Crippen LogP contribution in [0.15, 0.2) is 58.4 Å². The van der Waals surface area contributed by atoms with Crippen molar-refractivity contribution >= 4 is 16.0 Å². The van der Waals surface area contributed by atoms with E-state index in [1.54, 1.807) is 18.2 Å². The largest absolute Gasteiger partial charge is 0.416 e. The molecule has 0 saturated heterocycles. The van der Waals surface area contributed by atoms with Crippen molar-refractivity contribution in [2.45, 2.75) is 31.0 Å². The van der Waals surface area contributed by atoms with Gasteiger partial charge in [0, 0.05) is 13.1 Å². The van der Waals surface area contributed by atoms with Gasteiger partial charge in [0.2, 0.25) is 10.0 Å². The molecular weight excluding hydrogens is 417 g/mol. The van der Waals surface area contributed by atoms with E-state index in [0.717, 1.165) is 23.3 Å². The Balaban J connectivity index is 1.97. The first-order valence-corrected chi connectivity index (χ1v) is 10.8. The maximum Gasteiger partial charge on any atom is 0.416 e. The van der Waals surface area contributed by atoms with Crippen LogP contribution in [-0.2, 0) is 29.2 Å². The molecule has 0 unspecified atom stereocenters. The highest BCUT2D eigenvalue weighted by molar-refractivity contribution is 7.89. The summed E-state index contributed by atoms with van der Waals surface area (Å²) in [6.07, 6.45) is -3.82. The lowest BCUT2D eigenvalue weighted by molar-refractivity contribution is -0.137. The number of nitrogens with one attached hydrogen (secondary N) is 3. The molecule has 3 N–H and O–H groups in total. The standard InChI is InChI=1S/C20H25F3N4O2S/c1-3-25-19(26-12-11-15-7-9-17(10-8-15)20(21,22)23)27-14-16-5-4-6-18(13-16)30(28,29)24-2/h4-10,13,24H,3,11-12,14H2,1-2H3,(H2,25,26,27). The average molecular weight is 443 g/mol. The molecule has 2 rings (SSSR count). The summed E-state index contributed by atoms with van der Waals surface area (Å²) in [5.74, 6) is 0.534. The molecule has 0 aliphatic rings. The smallest absolute Gasteiger partial charge is 0.357 e. The van der Waals surface area contributed by atoms with Gasteiger partial charge in [0.15, 0.2) is 5.96 Å². The molecular formula is C20H25F3N4O2S. The number of sulfonamides is 1. The molecule has 0 spiro atoms. The monoisotopic (exact) mass is 442 g/mol. The third kappa shape index (κ3) is 7.03. The molecule has 0 saturated carbocycles. The van der Waals surface area contributed by atoms with Crippen molar-refractivity contribution in [1.82, 2.24) is 15.4 Å². The molecule has 0 bridgehead atoms. The quantitative estimate of drug-likeness (QED) is 0.434. The fraction of sp³-hybridized carbons (Fsp3) is 0.350. The van der Waals surface area contributed by atoms with Crippen LogP contribution in [0.2, 0.25) is 0 Å². The number of guanidine groups is 1. The number of rotatable bonds is 8. The molecule has 2 aromatic rings. The molecule has 6 nitrogen and oxygen atoms in total. The lowest BCUT2D eigenvalue weighted by atomic mass is 10.1. The Morgan fingerprint density at radius 3 is 2.33 bits per heavy atom. The van der Waals surface area contributed by atoms with Crippen molar-refractivity contribution in [3.8, 4) is 0 Å². The lowest BCUT2D eigenvalue weighted by Crippen LogP contribution is -2.38. The van der Waals surface area contributed by atoms with Crippen molar-refractivity contribution in [1.29, 1.82) is 0 Å². The molecule has 0 heterocycles. The molecule has 0 atom stereocenters. The summed E-state index contributed by atoms with van der Waals surface area (Å²) in [6, 6.07) is 11.6. The van der Waals surface area contributed by atoms with Gasteiger partial charge in [-0.1, -0.05) is 24.3 Å². The average Bonchev–Trinajstić information content (AvgIpc) is 2.72. The third-order valence-corrected chi connectivity index (χ3v) is 5.64. The highest BCUT2D eigenvalue weighted by Crippen LogP contribution is 2.29. The predicted octanol–water partition coefficient (Wildman–Crippen LogP) is 2.91.